The fourth-order valence-corrected chi connectivity index (χ4v) is 4.65. The summed E-state index contributed by atoms with van der Waals surface area (Å²) in [5.41, 5.74) is 0.142. The molecule has 1 fully saturated rings. The van der Waals surface area contributed by atoms with Crippen LogP contribution in [0.5, 0.6) is 0 Å². The molecule has 1 aliphatic rings. The third kappa shape index (κ3) is 6.49. The normalized spacial score (nSPS) is 14.9. The van der Waals surface area contributed by atoms with Crippen LogP contribution in [0.3, 0.4) is 0 Å². The van der Waals surface area contributed by atoms with Gasteiger partial charge in [-0.25, -0.2) is 8.42 Å². The van der Waals surface area contributed by atoms with E-state index < -0.39 is 21.9 Å². The summed E-state index contributed by atoms with van der Waals surface area (Å²) in [6.45, 7) is 4.41. The van der Waals surface area contributed by atoms with Crippen LogP contribution in [0.2, 0.25) is 0 Å². The maximum Gasteiger partial charge on any atom is 0.325 e. The van der Waals surface area contributed by atoms with Gasteiger partial charge in [0.2, 0.25) is 15.9 Å². The molecule has 1 aromatic carbocycles. The van der Waals surface area contributed by atoms with Gasteiger partial charge in [0.05, 0.1) is 18.1 Å². The maximum atomic E-state index is 13.0. The van der Waals surface area contributed by atoms with Crippen molar-refractivity contribution in [3.05, 3.63) is 29.8 Å². The first-order chi connectivity index (χ1) is 14.7. The number of amides is 2. The summed E-state index contributed by atoms with van der Waals surface area (Å²) in [4.78, 5) is 39.2. The number of nitrogens with zero attached hydrogens (tertiary/aromatic N) is 3. The van der Waals surface area contributed by atoms with E-state index in [1.807, 2.05) is 0 Å². The van der Waals surface area contributed by atoms with Crippen molar-refractivity contribution >= 4 is 27.8 Å². The van der Waals surface area contributed by atoms with Crippen molar-refractivity contribution in [3.8, 4) is 0 Å². The van der Waals surface area contributed by atoms with Crippen LogP contribution in [0.25, 0.3) is 0 Å². The van der Waals surface area contributed by atoms with Crippen LogP contribution in [0.1, 0.15) is 24.2 Å². The molecule has 1 saturated heterocycles. The first-order valence-corrected chi connectivity index (χ1v) is 11.4. The number of hydrogen-bond donors (Lipinski definition) is 0. The molecular weight excluding hydrogens is 426 g/mol. The second-order valence-corrected chi connectivity index (χ2v) is 8.90. The van der Waals surface area contributed by atoms with Gasteiger partial charge in [-0.05, 0) is 25.1 Å². The van der Waals surface area contributed by atoms with Gasteiger partial charge >= 0.3 is 5.97 Å². The Morgan fingerprint density at radius 3 is 2.39 bits per heavy atom. The standard InChI is InChI=1S/C20H29N3O7S/c1-4-30-19(25)15-22(12-13-29-3)20(26)17-6-5-7-18(14-17)31(27,28)23-10-8-21(9-11-23)16(2)24/h5-7,14H,4,8-13,15H2,1-3H3. The summed E-state index contributed by atoms with van der Waals surface area (Å²) in [5, 5.41) is 0. The quantitative estimate of drug-likeness (QED) is 0.489. The summed E-state index contributed by atoms with van der Waals surface area (Å²) in [6, 6.07) is 5.72. The number of esters is 1. The second-order valence-electron chi connectivity index (χ2n) is 6.96. The Hall–Kier alpha value is -2.50. The lowest BCUT2D eigenvalue weighted by atomic mass is 10.2. The molecule has 0 bridgehead atoms. The van der Waals surface area contributed by atoms with Gasteiger partial charge < -0.3 is 19.3 Å². The monoisotopic (exact) mass is 455 g/mol. The smallest absolute Gasteiger partial charge is 0.325 e. The van der Waals surface area contributed by atoms with Crippen LogP contribution in [0, 0.1) is 0 Å². The lowest BCUT2D eigenvalue weighted by molar-refractivity contribution is -0.144. The third-order valence-corrected chi connectivity index (χ3v) is 6.78. The lowest BCUT2D eigenvalue weighted by Gasteiger charge is -2.33. The number of benzene rings is 1. The number of piperazine rings is 1. The van der Waals surface area contributed by atoms with E-state index in [9.17, 15) is 22.8 Å². The van der Waals surface area contributed by atoms with Gasteiger partial charge in [-0.15, -0.1) is 0 Å². The van der Waals surface area contributed by atoms with Crippen LogP contribution >= 0.6 is 0 Å². The summed E-state index contributed by atoms with van der Waals surface area (Å²) in [7, 11) is -2.35. The molecule has 172 valence electrons. The molecule has 0 aromatic heterocycles. The van der Waals surface area contributed by atoms with E-state index >= 15 is 0 Å². The maximum absolute atomic E-state index is 13.0. The number of sulfonamides is 1. The molecule has 0 unspecified atom stereocenters. The van der Waals surface area contributed by atoms with Gasteiger partial charge in [-0.2, -0.15) is 4.31 Å². The first-order valence-electron chi connectivity index (χ1n) is 10.00. The SMILES string of the molecule is CCOC(=O)CN(CCOC)C(=O)c1cccc(S(=O)(=O)N2CCN(C(C)=O)CC2)c1. The minimum Gasteiger partial charge on any atom is -0.465 e. The van der Waals surface area contributed by atoms with E-state index in [2.05, 4.69) is 0 Å². The molecule has 1 heterocycles. The second kappa shape index (κ2) is 11.2. The minimum absolute atomic E-state index is 0.0162. The van der Waals surface area contributed by atoms with Crippen LogP contribution in [-0.2, 0) is 29.1 Å². The molecule has 11 heteroatoms. The first kappa shape index (κ1) is 24.8. The highest BCUT2D eigenvalue weighted by molar-refractivity contribution is 7.89. The molecule has 0 aliphatic carbocycles. The Labute approximate surface area is 182 Å². The molecule has 1 aliphatic heterocycles. The number of hydrogen-bond acceptors (Lipinski definition) is 7. The zero-order chi connectivity index (χ0) is 23.0. The van der Waals surface area contributed by atoms with Crippen LogP contribution in [0.15, 0.2) is 29.2 Å². The average molecular weight is 456 g/mol. The van der Waals surface area contributed by atoms with Gasteiger partial charge in [-0.1, -0.05) is 6.07 Å². The minimum atomic E-state index is -3.83. The van der Waals surface area contributed by atoms with Crippen molar-refractivity contribution in [3.63, 3.8) is 0 Å². The van der Waals surface area contributed by atoms with Crippen LogP contribution in [-0.4, -0.2) is 99.9 Å². The highest BCUT2D eigenvalue weighted by Gasteiger charge is 2.30. The number of methoxy groups -OCH3 is 1. The van der Waals surface area contributed by atoms with Crippen molar-refractivity contribution in [2.45, 2.75) is 18.7 Å². The Morgan fingerprint density at radius 2 is 1.81 bits per heavy atom. The highest BCUT2D eigenvalue weighted by atomic mass is 32.2. The van der Waals surface area contributed by atoms with Gasteiger partial charge in [0.15, 0.2) is 0 Å². The van der Waals surface area contributed by atoms with E-state index in [0.717, 1.165) is 0 Å². The molecular formula is C20H29N3O7S. The Morgan fingerprint density at radius 1 is 1.13 bits per heavy atom. The van der Waals surface area contributed by atoms with Gasteiger partial charge in [0, 0.05) is 52.3 Å². The zero-order valence-electron chi connectivity index (χ0n) is 18.1. The van der Waals surface area contributed by atoms with Crippen molar-refractivity contribution < 1.29 is 32.3 Å². The predicted octanol–water partition coefficient (Wildman–Crippen LogP) is 0.191. The van der Waals surface area contributed by atoms with E-state index in [1.54, 1.807) is 11.8 Å². The summed E-state index contributed by atoms with van der Waals surface area (Å²) < 4.78 is 37.3. The molecule has 1 aromatic rings. The van der Waals surface area contributed by atoms with Gasteiger partial charge in [0.25, 0.3) is 5.91 Å². The third-order valence-electron chi connectivity index (χ3n) is 4.88. The number of carbonyl (C=O) groups is 3. The van der Waals surface area contributed by atoms with Crippen molar-refractivity contribution in [2.24, 2.45) is 0 Å². The number of ether oxygens (including phenoxy) is 2. The highest BCUT2D eigenvalue weighted by Crippen LogP contribution is 2.20. The predicted molar refractivity (Wildman–Crippen MR) is 112 cm³/mol. The largest absolute Gasteiger partial charge is 0.465 e. The Balaban J connectivity index is 2.21. The molecule has 0 spiro atoms. The molecule has 0 saturated carbocycles. The average Bonchev–Trinajstić information content (AvgIpc) is 2.76. The van der Waals surface area contributed by atoms with E-state index in [4.69, 9.17) is 9.47 Å². The molecule has 2 amide bonds. The molecule has 0 N–H and O–H groups in total. The zero-order valence-corrected chi connectivity index (χ0v) is 18.9. The van der Waals surface area contributed by atoms with Gasteiger partial charge in [-0.3, -0.25) is 14.4 Å². The number of carbonyl (C=O) groups excluding carboxylic acids is 3. The Bertz CT molecular complexity index is 896. The molecule has 10 nitrogen and oxygen atoms in total. The molecule has 2 rings (SSSR count). The van der Waals surface area contributed by atoms with Crippen LogP contribution in [0.4, 0.5) is 0 Å². The molecule has 0 radical (unpaired) electrons. The Kier molecular flexibility index (Phi) is 8.96. The molecule has 31 heavy (non-hydrogen) atoms. The van der Waals surface area contributed by atoms with Crippen molar-refractivity contribution in [1.29, 1.82) is 0 Å². The number of rotatable bonds is 9. The fourth-order valence-electron chi connectivity index (χ4n) is 3.18. The van der Waals surface area contributed by atoms with Crippen LogP contribution < -0.4 is 0 Å². The van der Waals surface area contributed by atoms with Crippen molar-refractivity contribution in [2.75, 3.05) is 59.6 Å². The van der Waals surface area contributed by atoms with E-state index in [-0.39, 0.29) is 55.8 Å². The van der Waals surface area contributed by atoms with Crippen molar-refractivity contribution in [1.82, 2.24) is 14.1 Å². The molecule has 0 atom stereocenters. The summed E-state index contributed by atoms with van der Waals surface area (Å²) in [5.74, 6) is -1.15. The van der Waals surface area contributed by atoms with Gasteiger partial charge in [0.1, 0.15) is 6.54 Å². The lowest BCUT2D eigenvalue weighted by Crippen LogP contribution is -2.49. The van der Waals surface area contributed by atoms with E-state index in [1.165, 1.54) is 47.5 Å². The fraction of sp³-hybridized carbons (Fsp3) is 0.550. The summed E-state index contributed by atoms with van der Waals surface area (Å²) >= 11 is 0. The van der Waals surface area contributed by atoms with E-state index in [0.29, 0.717) is 13.1 Å². The topological polar surface area (TPSA) is 114 Å². The summed E-state index contributed by atoms with van der Waals surface area (Å²) in [6.07, 6.45) is 0.